The molecule has 3 saturated heterocycles. The largest absolute Gasteiger partial charge is 0.337 e. The van der Waals surface area contributed by atoms with Gasteiger partial charge in [-0.1, -0.05) is 0 Å². The Morgan fingerprint density at radius 1 is 1.33 bits per heavy atom. The maximum atomic E-state index is 14.0. The number of hydrogen-bond donors (Lipinski definition) is 2. The molecule has 0 aromatic heterocycles. The Labute approximate surface area is 106 Å². The molecule has 102 valence electrons. The number of hydrogen-bond acceptors (Lipinski definition) is 4. The average molecular weight is 256 g/mol. The second-order valence-corrected chi connectivity index (χ2v) is 5.60. The lowest BCUT2D eigenvalue weighted by atomic mass is 9.96. The van der Waals surface area contributed by atoms with E-state index < -0.39 is 6.17 Å². The van der Waals surface area contributed by atoms with Crippen LogP contribution in [0, 0.1) is 0 Å². The third-order valence-corrected chi connectivity index (χ3v) is 4.48. The summed E-state index contributed by atoms with van der Waals surface area (Å²) in [6, 6.07) is -0.0676. The summed E-state index contributed by atoms with van der Waals surface area (Å²) >= 11 is 0. The fourth-order valence-corrected chi connectivity index (χ4v) is 3.56. The van der Waals surface area contributed by atoms with Gasteiger partial charge >= 0.3 is 0 Å². The fourth-order valence-electron chi connectivity index (χ4n) is 3.56. The van der Waals surface area contributed by atoms with Gasteiger partial charge in [-0.05, 0) is 6.42 Å². The summed E-state index contributed by atoms with van der Waals surface area (Å²) in [5, 5.41) is 3.02. The van der Waals surface area contributed by atoms with E-state index in [-0.39, 0.29) is 24.0 Å². The van der Waals surface area contributed by atoms with Crippen molar-refractivity contribution in [3.05, 3.63) is 0 Å². The molecule has 3 fully saturated rings. The van der Waals surface area contributed by atoms with Crippen LogP contribution in [0.1, 0.15) is 12.8 Å². The predicted molar refractivity (Wildman–Crippen MR) is 65.8 cm³/mol. The number of nitrogens with one attached hydrogen (secondary N) is 1. The molecule has 3 aliphatic rings. The lowest BCUT2D eigenvalue weighted by molar-refractivity contribution is -0.131. The van der Waals surface area contributed by atoms with E-state index in [1.165, 1.54) is 0 Å². The number of piperidine rings is 1. The number of carbonyl (C=O) groups excluding carboxylic acids is 1. The van der Waals surface area contributed by atoms with E-state index in [0.717, 1.165) is 26.1 Å². The number of alkyl halides is 1. The van der Waals surface area contributed by atoms with E-state index in [2.05, 4.69) is 10.2 Å². The molecule has 5 nitrogen and oxygen atoms in total. The highest BCUT2D eigenvalue weighted by atomic mass is 19.1. The molecule has 3 rings (SSSR count). The molecule has 6 heteroatoms. The van der Waals surface area contributed by atoms with Crippen molar-refractivity contribution in [3.8, 4) is 0 Å². The zero-order valence-electron chi connectivity index (χ0n) is 10.5. The zero-order chi connectivity index (χ0) is 12.7. The number of rotatable bonds is 1. The summed E-state index contributed by atoms with van der Waals surface area (Å²) in [5.74, 6) is 0.256. The highest BCUT2D eigenvalue weighted by molar-refractivity contribution is 5.78. The molecular weight excluding hydrogens is 235 g/mol. The molecule has 0 aromatic rings. The fraction of sp³-hybridized carbons (Fsp3) is 0.917. The summed E-state index contributed by atoms with van der Waals surface area (Å²) in [7, 11) is 0. The molecule has 18 heavy (non-hydrogen) atoms. The van der Waals surface area contributed by atoms with E-state index in [1.54, 1.807) is 0 Å². The first-order valence-electron chi connectivity index (χ1n) is 6.80. The monoisotopic (exact) mass is 256 g/mol. The molecule has 0 radical (unpaired) electrons. The second kappa shape index (κ2) is 4.75. The Kier molecular flexibility index (Phi) is 3.25. The highest BCUT2D eigenvalue weighted by Gasteiger charge is 2.42. The van der Waals surface area contributed by atoms with Crippen LogP contribution in [0.2, 0.25) is 0 Å². The molecule has 0 aliphatic carbocycles. The molecule has 0 aromatic carbocycles. The summed E-state index contributed by atoms with van der Waals surface area (Å²) in [6.45, 7) is 3.33. The van der Waals surface area contributed by atoms with Crippen molar-refractivity contribution in [1.82, 2.24) is 15.1 Å². The molecule has 3 N–H and O–H groups in total. The van der Waals surface area contributed by atoms with Crippen LogP contribution in [0.5, 0.6) is 0 Å². The van der Waals surface area contributed by atoms with Crippen LogP contribution in [-0.2, 0) is 4.79 Å². The van der Waals surface area contributed by atoms with Crippen LogP contribution in [0.4, 0.5) is 4.39 Å². The van der Waals surface area contributed by atoms with Gasteiger partial charge in [0.15, 0.2) is 0 Å². The van der Waals surface area contributed by atoms with Crippen molar-refractivity contribution in [2.45, 2.75) is 37.1 Å². The van der Waals surface area contributed by atoms with Gasteiger partial charge in [0.2, 0.25) is 5.91 Å². The Morgan fingerprint density at radius 3 is 2.94 bits per heavy atom. The molecule has 4 atom stereocenters. The van der Waals surface area contributed by atoms with Crippen LogP contribution in [0.3, 0.4) is 0 Å². The van der Waals surface area contributed by atoms with E-state index in [4.69, 9.17) is 5.73 Å². The van der Waals surface area contributed by atoms with E-state index in [9.17, 15) is 9.18 Å². The van der Waals surface area contributed by atoms with Gasteiger partial charge in [-0.25, -0.2) is 4.39 Å². The lowest BCUT2D eigenvalue weighted by Crippen LogP contribution is -2.66. The molecule has 3 unspecified atom stereocenters. The van der Waals surface area contributed by atoms with Crippen LogP contribution in [0.15, 0.2) is 0 Å². The molecule has 0 spiro atoms. The van der Waals surface area contributed by atoms with Crippen LogP contribution >= 0.6 is 0 Å². The lowest BCUT2D eigenvalue weighted by Gasteiger charge is -2.46. The number of amides is 1. The van der Waals surface area contributed by atoms with Gasteiger partial charge in [0.1, 0.15) is 6.17 Å². The van der Waals surface area contributed by atoms with Gasteiger partial charge in [-0.15, -0.1) is 0 Å². The molecular formula is C12H21FN4O. The molecule has 0 saturated carbocycles. The summed E-state index contributed by atoms with van der Waals surface area (Å²) < 4.78 is 14.0. The minimum Gasteiger partial charge on any atom is -0.337 e. The Bertz CT molecular complexity index is 330. The van der Waals surface area contributed by atoms with Crippen molar-refractivity contribution < 1.29 is 9.18 Å². The van der Waals surface area contributed by atoms with E-state index in [0.29, 0.717) is 19.5 Å². The third-order valence-electron chi connectivity index (χ3n) is 4.48. The van der Waals surface area contributed by atoms with Crippen molar-refractivity contribution in [2.75, 3.05) is 32.7 Å². The van der Waals surface area contributed by atoms with E-state index in [1.807, 2.05) is 4.90 Å². The molecule has 3 aliphatic heterocycles. The van der Waals surface area contributed by atoms with Gasteiger partial charge in [-0.2, -0.15) is 0 Å². The van der Waals surface area contributed by atoms with E-state index >= 15 is 0 Å². The standard InChI is InChI=1S/C12H21FN4O/c13-9-5-15-6-10(14)12(9)16-3-4-17-8(7-16)1-2-11(17)18/h8-10,12,15H,1-7,14H2/t8-,9?,10?,12?/m0/s1. The van der Waals surface area contributed by atoms with Gasteiger partial charge in [-0.3, -0.25) is 9.69 Å². The first kappa shape index (κ1) is 12.3. The molecule has 0 bridgehead atoms. The van der Waals surface area contributed by atoms with Crippen molar-refractivity contribution in [2.24, 2.45) is 5.73 Å². The average Bonchev–Trinajstić information content (AvgIpc) is 2.71. The third kappa shape index (κ3) is 2.02. The van der Waals surface area contributed by atoms with Crippen molar-refractivity contribution >= 4 is 5.91 Å². The molecule has 3 heterocycles. The van der Waals surface area contributed by atoms with Crippen LogP contribution in [0.25, 0.3) is 0 Å². The van der Waals surface area contributed by atoms with Crippen LogP contribution in [-0.4, -0.2) is 72.7 Å². The van der Waals surface area contributed by atoms with Crippen molar-refractivity contribution in [1.29, 1.82) is 0 Å². The Balaban J connectivity index is 1.68. The topological polar surface area (TPSA) is 61.6 Å². The van der Waals surface area contributed by atoms with Crippen molar-refractivity contribution in [3.63, 3.8) is 0 Å². The normalized spacial score (nSPS) is 42.1. The summed E-state index contributed by atoms with van der Waals surface area (Å²) in [5.41, 5.74) is 6.04. The number of fused-ring (bicyclic) bond motifs is 1. The Hall–Kier alpha value is -0.720. The van der Waals surface area contributed by atoms with Gasteiger partial charge in [0, 0.05) is 51.2 Å². The minimum absolute atomic E-state index is 0.155. The second-order valence-electron chi connectivity index (χ2n) is 5.60. The first-order valence-corrected chi connectivity index (χ1v) is 6.80. The summed E-state index contributed by atoms with van der Waals surface area (Å²) in [6.07, 6.45) is 0.653. The maximum Gasteiger partial charge on any atom is 0.222 e. The highest BCUT2D eigenvalue weighted by Crippen LogP contribution is 2.26. The first-order chi connectivity index (χ1) is 8.66. The number of carbonyl (C=O) groups is 1. The maximum absolute atomic E-state index is 14.0. The molecule has 1 amide bonds. The smallest absolute Gasteiger partial charge is 0.222 e. The van der Waals surface area contributed by atoms with Gasteiger partial charge < -0.3 is 16.0 Å². The number of halogens is 1. The summed E-state index contributed by atoms with van der Waals surface area (Å²) in [4.78, 5) is 15.7. The predicted octanol–water partition coefficient (Wildman–Crippen LogP) is -1.07. The van der Waals surface area contributed by atoms with Gasteiger partial charge in [0.05, 0.1) is 6.04 Å². The number of nitrogens with two attached hydrogens (primary N) is 1. The Morgan fingerprint density at radius 2 is 2.17 bits per heavy atom. The zero-order valence-corrected chi connectivity index (χ0v) is 10.5. The quantitative estimate of drug-likeness (QED) is 0.627. The van der Waals surface area contributed by atoms with Gasteiger partial charge in [0.25, 0.3) is 0 Å². The van der Waals surface area contributed by atoms with Crippen LogP contribution < -0.4 is 11.1 Å². The number of nitrogens with zero attached hydrogens (tertiary/aromatic N) is 2. The number of piperazine rings is 1. The minimum atomic E-state index is -0.905. The SMILES string of the molecule is NC1CNCC(F)C1N1CCN2C(=O)CC[C@H]2C1.